The Morgan fingerprint density at radius 2 is 1.71 bits per heavy atom. The summed E-state index contributed by atoms with van der Waals surface area (Å²) in [6.07, 6.45) is 0. The molecule has 6 nitrogen and oxygen atoms in total. The largest absolute Gasteiger partial charge is 0.493 e. The van der Waals surface area contributed by atoms with Crippen LogP contribution in [0.2, 0.25) is 0 Å². The number of amides is 1. The van der Waals surface area contributed by atoms with Gasteiger partial charge < -0.3 is 23.8 Å². The molecule has 0 radical (unpaired) electrons. The van der Waals surface area contributed by atoms with Crippen LogP contribution in [0.1, 0.15) is 10.4 Å². The third kappa shape index (κ3) is 3.09. The van der Waals surface area contributed by atoms with Crippen LogP contribution in [0.3, 0.4) is 0 Å². The van der Waals surface area contributed by atoms with Crippen LogP contribution in [0, 0.1) is 3.57 Å². The molecule has 0 aromatic heterocycles. The summed E-state index contributed by atoms with van der Waals surface area (Å²) < 4.78 is 22.4. The van der Waals surface area contributed by atoms with Gasteiger partial charge in [-0.1, -0.05) is 12.1 Å². The lowest BCUT2D eigenvalue weighted by Gasteiger charge is -2.21. The summed E-state index contributed by atoms with van der Waals surface area (Å²) in [4.78, 5) is 14.9. The maximum Gasteiger partial charge on any atom is 0.259 e. The molecular weight excluding hydrogens is 473 g/mol. The Morgan fingerprint density at radius 3 is 2.43 bits per heavy atom. The van der Waals surface area contributed by atoms with Crippen LogP contribution in [-0.2, 0) is 0 Å². The van der Waals surface area contributed by atoms with E-state index in [0.29, 0.717) is 28.6 Å². The molecule has 0 saturated heterocycles. The van der Waals surface area contributed by atoms with Gasteiger partial charge >= 0.3 is 0 Å². The van der Waals surface area contributed by atoms with Gasteiger partial charge in [0.15, 0.2) is 23.0 Å². The second-order valence-corrected chi connectivity index (χ2v) is 7.42. The Kier molecular flexibility index (Phi) is 4.92. The van der Waals surface area contributed by atoms with Crippen molar-refractivity contribution in [2.75, 3.05) is 33.0 Å². The molecule has 4 rings (SSSR count). The predicted octanol–water partition coefficient (Wildman–Crippen LogP) is 4.47. The van der Waals surface area contributed by atoms with Crippen LogP contribution in [0.5, 0.6) is 23.0 Å². The van der Waals surface area contributed by atoms with Crippen molar-refractivity contribution in [3.8, 4) is 23.0 Å². The van der Waals surface area contributed by atoms with E-state index in [9.17, 15) is 4.79 Å². The van der Waals surface area contributed by atoms with Crippen molar-refractivity contribution in [2.45, 2.75) is 0 Å². The Morgan fingerprint density at radius 1 is 1.04 bits per heavy atom. The Balaban J connectivity index is 1.78. The standard InChI is InChI=1S/C21H18INO5/c1-23(21(24)14-9-17(25-2)18(26-3)10-15(14)22)16-6-4-5-12-7-19-20(8-13(12)16)28-11-27-19/h4-10H,11H2,1-3H3. The van der Waals surface area contributed by atoms with E-state index in [1.165, 1.54) is 0 Å². The molecule has 3 aromatic carbocycles. The number of carbonyl (C=O) groups excluding carboxylic acids is 1. The molecule has 0 atom stereocenters. The summed E-state index contributed by atoms with van der Waals surface area (Å²) in [7, 11) is 4.88. The monoisotopic (exact) mass is 491 g/mol. The minimum Gasteiger partial charge on any atom is -0.493 e. The van der Waals surface area contributed by atoms with Gasteiger partial charge in [0, 0.05) is 16.0 Å². The molecule has 28 heavy (non-hydrogen) atoms. The summed E-state index contributed by atoms with van der Waals surface area (Å²) >= 11 is 2.13. The molecule has 1 aliphatic rings. The van der Waals surface area contributed by atoms with Crippen LogP contribution in [0.15, 0.2) is 42.5 Å². The van der Waals surface area contributed by atoms with Gasteiger partial charge in [-0.15, -0.1) is 0 Å². The van der Waals surface area contributed by atoms with E-state index in [4.69, 9.17) is 18.9 Å². The predicted molar refractivity (Wildman–Crippen MR) is 115 cm³/mol. The molecule has 144 valence electrons. The van der Waals surface area contributed by atoms with Crippen molar-refractivity contribution in [3.63, 3.8) is 0 Å². The minimum atomic E-state index is -0.143. The number of halogens is 1. The zero-order valence-electron chi connectivity index (χ0n) is 15.6. The molecule has 1 heterocycles. The summed E-state index contributed by atoms with van der Waals surface area (Å²) in [6, 6.07) is 13.2. The van der Waals surface area contributed by atoms with Crippen molar-refractivity contribution in [2.24, 2.45) is 0 Å². The quantitative estimate of drug-likeness (QED) is 0.505. The van der Waals surface area contributed by atoms with Gasteiger partial charge in [0.05, 0.1) is 25.5 Å². The van der Waals surface area contributed by atoms with E-state index in [1.54, 1.807) is 38.3 Å². The Hall–Kier alpha value is -2.68. The molecule has 7 heteroatoms. The number of fused-ring (bicyclic) bond motifs is 2. The third-order valence-electron chi connectivity index (χ3n) is 4.72. The average Bonchev–Trinajstić information content (AvgIpc) is 3.17. The molecule has 0 bridgehead atoms. The number of hydrogen-bond donors (Lipinski definition) is 0. The number of methoxy groups -OCH3 is 2. The summed E-state index contributed by atoms with van der Waals surface area (Å²) in [6.45, 7) is 0.208. The van der Waals surface area contributed by atoms with E-state index in [1.807, 2.05) is 30.3 Å². The molecule has 0 N–H and O–H groups in total. The zero-order valence-corrected chi connectivity index (χ0v) is 17.8. The summed E-state index contributed by atoms with van der Waals surface area (Å²) in [5, 5.41) is 1.89. The molecular formula is C21H18INO5. The zero-order chi connectivity index (χ0) is 19.8. The number of ether oxygens (including phenoxy) is 4. The maximum absolute atomic E-state index is 13.3. The number of rotatable bonds is 4. The fourth-order valence-electron chi connectivity index (χ4n) is 3.25. The molecule has 0 unspecified atom stereocenters. The van der Waals surface area contributed by atoms with Gasteiger partial charge in [-0.3, -0.25) is 4.79 Å². The van der Waals surface area contributed by atoms with Gasteiger partial charge in [-0.2, -0.15) is 0 Å². The second-order valence-electron chi connectivity index (χ2n) is 6.25. The fraction of sp³-hybridized carbons (Fsp3) is 0.190. The molecule has 1 amide bonds. The highest BCUT2D eigenvalue weighted by molar-refractivity contribution is 14.1. The van der Waals surface area contributed by atoms with Crippen molar-refractivity contribution in [3.05, 3.63) is 51.6 Å². The molecule has 1 aliphatic heterocycles. The summed E-state index contributed by atoms with van der Waals surface area (Å²) in [5.41, 5.74) is 1.32. The minimum absolute atomic E-state index is 0.143. The van der Waals surface area contributed by atoms with Gasteiger partial charge in [0.1, 0.15) is 0 Å². The lowest BCUT2D eigenvalue weighted by atomic mass is 10.1. The van der Waals surface area contributed by atoms with Gasteiger partial charge in [0.2, 0.25) is 6.79 Å². The van der Waals surface area contributed by atoms with Crippen LogP contribution >= 0.6 is 22.6 Å². The molecule has 0 spiro atoms. The first-order valence-electron chi connectivity index (χ1n) is 8.55. The first-order valence-corrected chi connectivity index (χ1v) is 9.63. The highest BCUT2D eigenvalue weighted by Crippen LogP contribution is 2.40. The van der Waals surface area contributed by atoms with Gasteiger partial charge in [-0.05, 0) is 58.3 Å². The van der Waals surface area contributed by atoms with Crippen molar-refractivity contribution >= 4 is 45.0 Å². The maximum atomic E-state index is 13.3. The van der Waals surface area contributed by atoms with Crippen LogP contribution < -0.4 is 23.8 Å². The topological polar surface area (TPSA) is 57.2 Å². The SMILES string of the molecule is COc1cc(I)c(C(=O)N(C)c2cccc3cc4c(cc23)OCO4)cc1OC. The van der Waals surface area contributed by atoms with Gasteiger partial charge in [0.25, 0.3) is 5.91 Å². The number of anilines is 1. The molecule has 0 saturated carbocycles. The lowest BCUT2D eigenvalue weighted by Crippen LogP contribution is -2.27. The Bertz CT molecular complexity index is 1080. The normalized spacial score (nSPS) is 12.1. The first kappa shape index (κ1) is 18.7. The van der Waals surface area contributed by atoms with E-state index < -0.39 is 0 Å². The molecule has 0 fully saturated rings. The molecule has 3 aromatic rings. The van der Waals surface area contributed by atoms with E-state index in [2.05, 4.69) is 22.6 Å². The Labute approximate surface area is 176 Å². The smallest absolute Gasteiger partial charge is 0.259 e. The number of nitrogens with zero attached hydrogens (tertiary/aromatic N) is 1. The van der Waals surface area contributed by atoms with Crippen LogP contribution in [0.25, 0.3) is 10.8 Å². The first-order chi connectivity index (χ1) is 13.5. The molecule has 0 aliphatic carbocycles. The van der Waals surface area contributed by atoms with Crippen molar-refractivity contribution in [1.82, 2.24) is 0 Å². The van der Waals surface area contributed by atoms with Crippen LogP contribution in [0.4, 0.5) is 5.69 Å². The number of benzene rings is 3. The van der Waals surface area contributed by atoms with E-state index in [-0.39, 0.29) is 12.7 Å². The highest BCUT2D eigenvalue weighted by atomic mass is 127. The average molecular weight is 491 g/mol. The highest BCUT2D eigenvalue weighted by Gasteiger charge is 2.22. The summed E-state index contributed by atoms with van der Waals surface area (Å²) in [5.74, 6) is 2.36. The number of carbonyl (C=O) groups is 1. The van der Waals surface area contributed by atoms with Gasteiger partial charge in [-0.25, -0.2) is 0 Å². The number of hydrogen-bond acceptors (Lipinski definition) is 5. The van der Waals surface area contributed by atoms with Crippen molar-refractivity contribution < 1.29 is 23.7 Å². The van der Waals surface area contributed by atoms with Crippen LogP contribution in [-0.4, -0.2) is 34.0 Å². The van der Waals surface area contributed by atoms with E-state index in [0.717, 1.165) is 20.0 Å². The lowest BCUT2D eigenvalue weighted by molar-refractivity contribution is 0.0992. The second kappa shape index (κ2) is 7.38. The van der Waals surface area contributed by atoms with E-state index >= 15 is 0 Å². The third-order valence-corrected chi connectivity index (χ3v) is 5.61. The fourth-order valence-corrected chi connectivity index (χ4v) is 3.92. The van der Waals surface area contributed by atoms with Crippen molar-refractivity contribution in [1.29, 1.82) is 0 Å².